The Balaban J connectivity index is 1.92. The maximum atomic E-state index is 14.6. The fraction of sp³-hybridized carbons (Fsp3) is 0.324. The zero-order valence-electron chi connectivity index (χ0n) is 25.5. The SMILES string of the molecule is CC(=O)N([C@@H](Cc1ccccc1)C(O)C(=O)OC(C)C)N1C(=O)C(C(C)C)N(C(=O)c2ccccn2)C=C1c1ccccc1. The molecular weight excluding hydrogens is 560 g/mol. The Kier molecular flexibility index (Phi) is 10.3. The van der Waals surface area contributed by atoms with Crippen LogP contribution in [0.1, 0.15) is 56.2 Å². The lowest BCUT2D eigenvalue weighted by Crippen LogP contribution is -2.64. The molecule has 3 amide bonds. The lowest BCUT2D eigenvalue weighted by atomic mass is 9.96. The van der Waals surface area contributed by atoms with Crippen molar-refractivity contribution in [3.63, 3.8) is 0 Å². The van der Waals surface area contributed by atoms with Gasteiger partial charge in [-0.3, -0.25) is 24.3 Å². The summed E-state index contributed by atoms with van der Waals surface area (Å²) in [6.07, 6.45) is 0.752. The van der Waals surface area contributed by atoms with Crippen LogP contribution in [0.15, 0.2) is 91.3 Å². The van der Waals surface area contributed by atoms with Gasteiger partial charge < -0.3 is 9.84 Å². The summed E-state index contributed by atoms with van der Waals surface area (Å²) in [6.45, 7) is 8.18. The van der Waals surface area contributed by atoms with E-state index in [1.54, 1.807) is 88.4 Å². The summed E-state index contributed by atoms with van der Waals surface area (Å²) in [5.74, 6) is -2.97. The smallest absolute Gasteiger partial charge is 0.337 e. The molecule has 10 nitrogen and oxygen atoms in total. The van der Waals surface area contributed by atoms with Crippen LogP contribution in [0.3, 0.4) is 0 Å². The number of amides is 3. The molecule has 0 aliphatic carbocycles. The fourth-order valence-electron chi connectivity index (χ4n) is 5.24. The number of hydrazine groups is 1. The van der Waals surface area contributed by atoms with Crippen LogP contribution in [-0.4, -0.2) is 73.0 Å². The fourth-order valence-corrected chi connectivity index (χ4v) is 5.24. The highest BCUT2D eigenvalue weighted by Gasteiger charge is 2.47. The lowest BCUT2D eigenvalue weighted by molar-refractivity contribution is -0.177. The zero-order valence-corrected chi connectivity index (χ0v) is 25.5. The topological polar surface area (TPSA) is 120 Å². The largest absolute Gasteiger partial charge is 0.461 e. The number of carbonyl (C=O) groups excluding carboxylic acids is 4. The molecule has 1 N–H and O–H groups in total. The number of aromatic nitrogens is 1. The molecule has 1 aromatic heterocycles. The second kappa shape index (κ2) is 14.1. The van der Waals surface area contributed by atoms with Crippen molar-refractivity contribution in [2.45, 2.75) is 65.3 Å². The van der Waals surface area contributed by atoms with E-state index in [2.05, 4.69) is 4.98 Å². The predicted octanol–water partition coefficient (Wildman–Crippen LogP) is 4.08. The number of rotatable bonds is 10. The van der Waals surface area contributed by atoms with Crippen molar-refractivity contribution in [2.24, 2.45) is 5.92 Å². The van der Waals surface area contributed by atoms with E-state index in [0.717, 1.165) is 10.6 Å². The summed E-state index contributed by atoms with van der Waals surface area (Å²) in [6, 6.07) is 20.6. The normalized spacial score (nSPS) is 16.4. The van der Waals surface area contributed by atoms with Crippen molar-refractivity contribution in [2.75, 3.05) is 0 Å². The molecule has 2 aromatic carbocycles. The van der Waals surface area contributed by atoms with E-state index in [0.29, 0.717) is 5.56 Å². The molecule has 0 radical (unpaired) electrons. The second-order valence-electron chi connectivity index (χ2n) is 11.2. The van der Waals surface area contributed by atoms with Gasteiger partial charge in [0.1, 0.15) is 11.7 Å². The highest BCUT2D eigenvalue weighted by atomic mass is 16.6. The number of hydrogen-bond donors (Lipinski definition) is 1. The minimum absolute atomic E-state index is 0.0313. The molecule has 1 aliphatic heterocycles. The van der Waals surface area contributed by atoms with Crippen LogP contribution in [0.25, 0.3) is 5.70 Å². The van der Waals surface area contributed by atoms with Crippen molar-refractivity contribution in [1.82, 2.24) is 19.9 Å². The number of aliphatic hydroxyl groups is 1. The minimum Gasteiger partial charge on any atom is -0.461 e. The minimum atomic E-state index is -1.79. The average Bonchev–Trinajstić information content (AvgIpc) is 3.01. The number of aliphatic hydroxyl groups excluding tert-OH is 1. The Morgan fingerprint density at radius 3 is 2.09 bits per heavy atom. The van der Waals surface area contributed by atoms with Crippen LogP contribution in [0.2, 0.25) is 0 Å². The predicted molar refractivity (Wildman–Crippen MR) is 164 cm³/mol. The van der Waals surface area contributed by atoms with Crippen molar-refractivity contribution in [3.05, 3.63) is 108 Å². The molecule has 0 fully saturated rings. The summed E-state index contributed by atoms with van der Waals surface area (Å²) in [4.78, 5) is 60.7. The Morgan fingerprint density at radius 1 is 0.932 bits per heavy atom. The second-order valence-corrected chi connectivity index (χ2v) is 11.2. The third-order valence-corrected chi connectivity index (χ3v) is 7.17. The summed E-state index contributed by atoms with van der Waals surface area (Å²) in [7, 11) is 0. The molecule has 1 aliphatic rings. The molecule has 2 heterocycles. The van der Waals surface area contributed by atoms with Crippen molar-refractivity contribution in [3.8, 4) is 0 Å². The lowest BCUT2D eigenvalue weighted by Gasteiger charge is -2.47. The van der Waals surface area contributed by atoms with E-state index in [1.165, 1.54) is 29.2 Å². The van der Waals surface area contributed by atoms with E-state index in [1.807, 2.05) is 18.2 Å². The summed E-state index contributed by atoms with van der Waals surface area (Å²) in [5.41, 5.74) is 1.63. The van der Waals surface area contributed by atoms with Gasteiger partial charge in [-0.05, 0) is 43.9 Å². The summed E-state index contributed by atoms with van der Waals surface area (Å²) < 4.78 is 5.34. The van der Waals surface area contributed by atoms with Gasteiger partial charge in [0.05, 0.1) is 17.8 Å². The number of ether oxygens (including phenoxy) is 1. The van der Waals surface area contributed by atoms with Gasteiger partial charge in [-0.15, -0.1) is 0 Å². The zero-order chi connectivity index (χ0) is 32.0. The van der Waals surface area contributed by atoms with Crippen LogP contribution >= 0.6 is 0 Å². The van der Waals surface area contributed by atoms with Gasteiger partial charge in [0.25, 0.3) is 11.8 Å². The molecule has 3 aromatic rings. The van der Waals surface area contributed by atoms with Gasteiger partial charge in [0.2, 0.25) is 5.91 Å². The monoisotopic (exact) mass is 598 g/mol. The number of carbonyl (C=O) groups is 4. The van der Waals surface area contributed by atoms with Crippen molar-refractivity contribution in [1.29, 1.82) is 0 Å². The van der Waals surface area contributed by atoms with Gasteiger partial charge >= 0.3 is 5.97 Å². The van der Waals surface area contributed by atoms with Crippen molar-refractivity contribution >= 4 is 29.4 Å². The first kappa shape index (κ1) is 32.1. The highest BCUT2D eigenvalue weighted by molar-refractivity contribution is 6.02. The Bertz CT molecular complexity index is 1490. The van der Waals surface area contributed by atoms with E-state index in [4.69, 9.17) is 4.74 Å². The maximum Gasteiger partial charge on any atom is 0.337 e. The van der Waals surface area contributed by atoms with Gasteiger partial charge in [-0.25, -0.2) is 14.8 Å². The molecular formula is C34H38N4O6. The number of nitrogens with zero attached hydrogens (tertiary/aromatic N) is 4. The summed E-state index contributed by atoms with van der Waals surface area (Å²) in [5, 5.41) is 13.8. The number of pyridine rings is 1. The first-order valence-corrected chi connectivity index (χ1v) is 14.6. The molecule has 0 spiro atoms. The number of esters is 1. The molecule has 0 bridgehead atoms. The Morgan fingerprint density at radius 2 is 1.55 bits per heavy atom. The van der Waals surface area contributed by atoms with Gasteiger partial charge in [-0.2, -0.15) is 0 Å². The molecule has 0 saturated heterocycles. The van der Waals surface area contributed by atoms with Crippen LogP contribution in [-0.2, 0) is 25.5 Å². The molecule has 44 heavy (non-hydrogen) atoms. The first-order valence-electron chi connectivity index (χ1n) is 14.6. The summed E-state index contributed by atoms with van der Waals surface area (Å²) >= 11 is 0. The third-order valence-electron chi connectivity index (χ3n) is 7.17. The maximum absolute atomic E-state index is 14.6. The number of benzene rings is 2. The quantitative estimate of drug-likeness (QED) is 0.349. The molecule has 2 unspecified atom stereocenters. The van der Waals surface area contributed by atoms with E-state index < -0.39 is 48.0 Å². The van der Waals surface area contributed by atoms with E-state index in [-0.39, 0.29) is 23.7 Å². The molecule has 230 valence electrons. The molecule has 0 saturated carbocycles. The van der Waals surface area contributed by atoms with E-state index in [9.17, 15) is 24.3 Å². The first-order chi connectivity index (χ1) is 21.0. The molecule has 10 heteroatoms. The van der Waals surface area contributed by atoms with Crippen LogP contribution < -0.4 is 0 Å². The third kappa shape index (κ3) is 7.03. The molecule has 4 rings (SSSR count). The van der Waals surface area contributed by atoms with Gasteiger partial charge in [0.15, 0.2) is 6.10 Å². The van der Waals surface area contributed by atoms with Crippen LogP contribution in [0.4, 0.5) is 0 Å². The Hall–Kier alpha value is -4.83. The Labute approximate surface area is 257 Å². The van der Waals surface area contributed by atoms with Crippen LogP contribution in [0.5, 0.6) is 0 Å². The van der Waals surface area contributed by atoms with Crippen LogP contribution in [0, 0.1) is 5.92 Å². The van der Waals surface area contributed by atoms with Gasteiger partial charge in [-0.1, -0.05) is 80.6 Å². The highest BCUT2D eigenvalue weighted by Crippen LogP contribution is 2.34. The standard InChI is InChI=1S/C34H38N4O6/c1-22(2)30-33(42)38(29(26-16-10-7-11-17-26)21-36(30)32(41)27-18-12-13-19-35-27)37(24(5)39)28(20-25-14-8-6-9-15-25)31(40)34(43)44-23(3)4/h6-19,21-23,28,30-31,40H,20H2,1-5H3/t28-,30?,31?/m0/s1. The average molecular weight is 599 g/mol. The van der Waals surface area contributed by atoms with Gasteiger partial charge in [0, 0.05) is 24.9 Å². The van der Waals surface area contributed by atoms with E-state index >= 15 is 0 Å². The van der Waals surface area contributed by atoms with Crippen molar-refractivity contribution < 1.29 is 29.0 Å². The number of hydrogen-bond acceptors (Lipinski definition) is 7. The molecule has 3 atom stereocenters.